The van der Waals surface area contributed by atoms with Crippen LogP contribution in [0.2, 0.25) is 0 Å². The molecule has 0 bridgehead atoms. The van der Waals surface area contributed by atoms with Crippen LogP contribution in [0.25, 0.3) is 72.3 Å². The van der Waals surface area contributed by atoms with Crippen LogP contribution in [0.4, 0.5) is 0 Å². The van der Waals surface area contributed by atoms with E-state index in [-0.39, 0.29) is 0 Å². The molecule has 4 heteroatoms. The third kappa shape index (κ3) is 4.77. The number of aromatic nitrogens is 2. The van der Waals surface area contributed by atoms with Crippen molar-refractivity contribution in [3.8, 4) is 56.5 Å². The Hall–Kier alpha value is -6.28. The first-order valence-corrected chi connectivity index (χ1v) is 16.1. The van der Waals surface area contributed by atoms with Gasteiger partial charge >= 0.3 is 0 Å². The number of fused-ring (bicyclic) bond motifs is 6. The van der Waals surface area contributed by atoms with Gasteiger partial charge in [0.1, 0.15) is 0 Å². The summed E-state index contributed by atoms with van der Waals surface area (Å²) >= 11 is 0. The zero-order valence-electron chi connectivity index (χ0n) is 26.1. The summed E-state index contributed by atoms with van der Waals surface area (Å²) < 4.78 is 8.50. The molecule has 4 nitrogen and oxygen atoms in total. The summed E-state index contributed by atoms with van der Waals surface area (Å²) in [5, 5.41) is 11.8. The molecule has 0 radical (unpaired) electrons. The average Bonchev–Trinajstić information content (AvgIpc) is 3.37. The second-order valence-electron chi connectivity index (χ2n) is 12.3. The molecule has 0 atom stereocenters. The Bertz CT molecular complexity index is 2480. The molecule has 1 aliphatic heterocycles. The zero-order valence-corrected chi connectivity index (χ0v) is 26.1. The lowest BCUT2D eigenvalue weighted by atomic mass is 9.91. The highest BCUT2D eigenvalue weighted by molar-refractivity contribution is 6.09. The van der Waals surface area contributed by atoms with Crippen molar-refractivity contribution in [1.29, 1.82) is 5.26 Å². The molecule has 3 heterocycles. The van der Waals surface area contributed by atoms with Crippen LogP contribution in [0.1, 0.15) is 16.7 Å². The molecule has 1 aliphatic rings. The van der Waals surface area contributed by atoms with E-state index in [2.05, 4.69) is 138 Å². The van der Waals surface area contributed by atoms with Crippen molar-refractivity contribution >= 4 is 21.8 Å². The highest BCUT2D eigenvalue weighted by atomic mass is 16.5. The number of benzene rings is 6. The number of para-hydroxylation sites is 1. The maximum Gasteiger partial charge on any atom is 0.0991 e. The van der Waals surface area contributed by atoms with Gasteiger partial charge in [-0.1, -0.05) is 97.1 Å². The van der Waals surface area contributed by atoms with Gasteiger partial charge < -0.3 is 9.30 Å². The fraction of sp³-hybridized carbons (Fsp3) is 0.0455. The Kier molecular flexibility index (Phi) is 6.71. The van der Waals surface area contributed by atoms with Gasteiger partial charge in [0.05, 0.1) is 47.3 Å². The van der Waals surface area contributed by atoms with E-state index in [1.54, 1.807) is 0 Å². The SMILES string of the molecule is N#Cc1ccc2c(c1)c1ccccc1n2-c1ccc2c(c1)-c1cc(-c3cc(-c4ccccc4)nc(-c4ccccc4)c3)ccc1COC2. The molecule has 8 aromatic rings. The summed E-state index contributed by atoms with van der Waals surface area (Å²) in [6.07, 6.45) is 0. The third-order valence-electron chi connectivity index (χ3n) is 9.37. The van der Waals surface area contributed by atoms with Crippen molar-refractivity contribution in [3.05, 3.63) is 168 Å². The van der Waals surface area contributed by atoms with Crippen LogP contribution in [0, 0.1) is 11.3 Å². The molecule has 9 rings (SSSR count). The van der Waals surface area contributed by atoms with Gasteiger partial charge in [0.2, 0.25) is 0 Å². The first kappa shape index (κ1) is 28.0. The second-order valence-corrected chi connectivity index (χ2v) is 12.3. The van der Waals surface area contributed by atoms with Crippen LogP contribution in [0.15, 0.2) is 152 Å². The lowest BCUT2D eigenvalue weighted by Crippen LogP contribution is -1.97. The maximum absolute atomic E-state index is 9.62. The number of nitrogens with zero attached hydrogens (tertiary/aromatic N) is 3. The van der Waals surface area contributed by atoms with Gasteiger partial charge in [0, 0.05) is 27.6 Å². The van der Waals surface area contributed by atoms with E-state index in [9.17, 15) is 5.26 Å². The minimum atomic E-state index is 0.546. The topological polar surface area (TPSA) is 50.8 Å². The van der Waals surface area contributed by atoms with Gasteiger partial charge in [-0.2, -0.15) is 5.26 Å². The molecular weight excluding hydrogens is 587 g/mol. The molecule has 0 spiro atoms. The largest absolute Gasteiger partial charge is 0.372 e. The number of nitriles is 1. The Labute approximate surface area is 278 Å². The lowest BCUT2D eigenvalue weighted by molar-refractivity contribution is 0.110. The number of rotatable bonds is 4. The van der Waals surface area contributed by atoms with Gasteiger partial charge in [-0.3, -0.25) is 0 Å². The number of pyridine rings is 1. The smallest absolute Gasteiger partial charge is 0.0991 e. The average molecular weight is 616 g/mol. The molecule has 6 aromatic carbocycles. The Morgan fingerprint density at radius 1 is 0.521 bits per heavy atom. The van der Waals surface area contributed by atoms with Gasteiger partial charge in [0.15, 0.2) is 0 Å². The summed E-state index contributed by atoms with van der Waals surface area (Å²) in [4.78, 5) is 5.10. The molecule has 2 aromatic heterocycles. The fourth-order valence-electron chi connectivity index (χ4n) is 7.02. The molecule has 226 valence electrons. The highest BCUT2D eigenvalue weighted by Crippen LogP contribution is 2.39. The van der Waals surface area contributed by atoms with Crippen molar-refractivity contribution in [2.45, 2.75) is 13.2 Å². The predicted molar refractivity (Wildman–Crippen MR) is 194 cm³/mol. The lowest BCUT2D eigenvalue weighted by Gasteiger charge is -2.15. The van der Waals surface area contributed by atoms with Crippen LogP contribution in [-0.2, 0) is 18.0 Å². The van der Waals surface area contributed by atoms with Gasteiger partial charge in [-0.05, 0) is 88.0 Å². The summed E-state index contributed by atoms with van der Waals surface area (Å²) in [6, 6.07) is 55.3. The van der Waals surface area contributed by atoms with Crippen molar-refractivity contribution < 1.29 is 4.74 Å². The van der Waals surface area contributed by atoms with Gasteiger partial charge in [-0.15, -0.1) is 0 Å². The van der Waals surface area contributed by atoms with E-state index >= 15 is 0 Å². The van der Waals surface area contributed by atoms with Crippen molar-refractivity contribution in [3.63, 3.8) is 0 Å². The Morgan fingerprint density at radius 2 is 1.15 bits per heavy atom. The van der Waals surface area contributed by atoms with Crippen molar-refractivity contribution in [1.82, 2.24) is 9.55 Å². The number of hydrogen-bond donors (Lipinski definition) is 0. The third-order valence-corrected chi connectivity index (χ3v) is 9.37. The van der Waals surface area contributed by atoms with Crippen molar-refractivity contribution in [2.24, 2.45) is 0 Å². The second kappa shape index (κ2) is 11.5. The molecule has 0 fully saturated rings. The van der Waals surface area contributed by atoms with E-state index < -0.39 is 0 Å². The van der Waals surface area contributed by atoms with E-state index in [1.807, 2.05) is 24.3 Å². The Balaban J connectivity index is 1.23. The number of hydrogen-bond acceptors (Lipinski definition) is 3. The molecule has 0 aliphatic carbocycles. The van der Waals surface area contributed by atoms with E-state index in [0.717, 1.165) is 72.3 Å². The molecule has 0 amide bonds. The summed E-state index contributed by atoms with van der Waals surface area (Å²) in [6.45, 7) is 1.09. The van der Waals surface area contributed by atoms with Gasteiger partial charge in [0.25, 0.3) is 0 Å². The monoisotopic (exact) mass is 615 g/mol. The first-order chi connectivity index (χ1) is 23.7. The maximum atomic E-state index is 9.62. The van der Waals surface area contributed by atoms with E-state index in [0.29, 0.717) is 18.8 Å². The molecule has 0 saturated heterocycles. The summed E-state index contributed by atoms with van der Waals surface area (Å²) in [5.74, 6) is 0. The quantitative estimate of drug-likeness (QED) is 0.198. The number of ether oxygens (including phenoxy) is 1. The zero-order chi connectivity index (χ0) is 32.0. The minimum Gasteiger partial charge on any atom is -0.372 e. The predicted octanol–water partition coefficient (Wildman–Crippen LogP) is 10.7. The van der Waals surface area contributed by atoms with Crippen molar-refractivity contribution in [2.75, 3.05) is 0 Å². The molecule has 0 saturated carbocycles. The summed E-state index contributed by atoms with van der Waals surface area (Å²) in [5.41, 5.74) is 14.9. The minimum absolute atomic E-state index is 0.546. The Morgan fingerprint density at radius 3 is 1.85 bits per heavy atom. The highest BCUT2D eigenvalue weighted by Gasteiger charge is 2.20. The molecule has 0 N–H and O–H groups in total. The first-order valence-electron chi connectivity index (χ1n) is 16.1. The van der Waals surface area contributed by atoms with Crippen LogP contribution >= 0.6 is 0 Å². The molecular formula is C44H29N3O. The van der Waals surface area contributed by atoms with E-state index in [4.69, 9.17) is 9.72 Å². The summed E-state index contributed by atoms with van der Waals surface area (Å²) in [7, 11) is 0. The van der Waals surface area contributed by atoms with Gasteiger partial charge in [-0.25, -0.2) is 4.98 Å². The molecule has 48 heavy (non-hydrogen) atoms. The van der Waals surface area contributed by atoms with E-state index in [1.165, 1.54) is 11.1 Å². The van der Waals surface area contributed by atoms with Crippen LogP contribution in [0.3, 0.4) is 0 Å². The fourth-order valence-corrected chi connectivity index (χ4v) is 7.02. The molecule has 0 unspecified atom stereocenters. The standard InChI is InChI=1S/C44H29N3O/c45-26-29-15-20-44-40(21-29)37-13-7-8-14-43(37)47(44)36-19-18-34-28-48-27-33-17-16-32(22-38(33)39(34)25-36)35-23-41(30-9-3-1-4-10-30)46-42(24-35)31-11-5-2-6-12-31/h1-25H,27-28H2. The normalized spacial score (nSPS) is 12.3. The van der Waals surface area contributed by atoms with Crippen LogP contribution in [-0.4, -0.2) is 9.55 Å². The van der Waals surface area contributed by atoms with Crippen LogP contribution in [0.5, 0.6) is 0 Å². The van der Waals surface area contributed by atoms with Crippen LogP contribution < -0.4 is 0 Å².